The Kier molecular flexibility index (Phi) is 1.97. The van der Waals surface area contributed by atoms with Gasteiger partial charge in [-0.15, -0.1) is 0 Å². The number of nitrogen functional groups attached to an aromatic ring is 1. The van der Waals surface area contributed by atoms with Crippen LogP contribution >= 0.6 is 0 Å². The number of rotatable bonds is 1. The minimum absolute atomic E-state index is 0.878. The molecule has 1 aromatic carbocycles. The summed E-state index contributed by atoms with van der Waals surface area (Å²) in [5.74, 6) is 0. The van der Waals surface area contributed by atoms with Gasteiger partial charge in [0.05, 0.1) is 11.4 Å². The molecule has 0 fully saturated rings. The molecule has 0 aliphatic carbocycles. The third kappa shape index (κ3) is 1.39. The molecule has 0 bridgehead atoms. The topological polar surface area (TPSA) is 29.3 Å². The van der Waals surface area contributed by atoms with E-state index in [2.05, 4.69) is 30.0 Å². The number of hydrogen-bond donors (Lipinski definition) is 1. The molecule has 0 atom stereocenters. The lowest BCUT2D eigenvalue weighted by molar-refractivity contribution is 1.000. The Hall–Kier alpha value is -1.44. The Bertz CT molecular complexity index is 314. The van der Waals surface area contributed by atoms with Gasteiger partial charge in [0.15, 0.2) is 0 Å². The molecule has 0 saturated heterocycles. The van der Waals surface area contributed by atoms with Crippen LogP contribution in [0.5, 0.6) is 0 Å². The maximum Gasteiger partial charge on any atom is 0.0635 e. The fourth-order valence-corrected chi connectivity index (χ4v) is 1.77. The molecule has 0 radical (unpaired) electrons. The van der Waals surface area contributed by atoms with E-state index in [-0.39, 0.29) is 0 Å². The third-order valence-electron chi connectivity index (χ3n) is 2.40. The Morgan fingerprint density at radius 3 is 2.54 bits per heavy atom. The molecule has 2 rings (SSSR count). The number of anilines is 2. The molecule has 68 valence electrons. The summed E-state index contributed by atoms with van der Waals surface area (Å²) in [5.41, 5.74) is 9.25. The lowest BCUT2D eigenvalue weighted by Crippen LogP contribution is -2.20. The largest absolute Gasteiger partial charge is 0.397 e. The first-order valence-corrected chi connectivity index (χ1v) is 4.54. The molecule has 0 amide bonds. The molecule has 2 N–H and O–H groups in total. The molecular formula is C11H14N2. The van der Waals surface area contributed by atoms with Crippen molar-refractivity contribution in [1.29, 1.82) is 0 Å². The molecule has 0 saturated carbocycles. The van der Waals surface area contributed by atoms with Crippen molar-refractivity contribution in [3.63, 3.8) is 0 Å². The molecule has 0 spiro atoms. The van der Waals surface area contributed by atoms with Crippen molar-refractivity contribution in [2.75, 3.05) is 23.7 Å². The number of nitrogens with two attached hydrogens (primary N) is 1. The van der Waals surface area contributed by atoms with E-state index in [9.17, 15) is 0 Å². The van der Waals surface area contributed by atoms with Gasteiger partial charge in [-0.25, -0.2) is 0 Å². The van der Waals surface area contributed by atoms with Gasteiger partial charge in [-0.3, -0.25) is 0 Å². The predicted octanol–water partition coefficient (Wildman–Crippen LogP) is 1.95. The van der Waals surface area contributed by atoms with Crippen LogP contribution < -0.4 is 10.6 Å². The maximum absolute atomic E-state index is 5.93. The lowest BCUT2D eigenvalue weighted by atomic mass is 10.1. The summed E-state index contributed by atoms with van der Waals surface area (Å²) in [6, 6.07) is 6.06. The first-order chi connectivity index (χ1) is 6.29. The first-order valence-electron chi connectivity index (χ1n) is 4.54. The van der Waals surface area contributed by atoms with Crippen LogP contribution in [0.15, 0.2) is 30.4 Å². The highest BCUT2D eigenvalue weighted by Gasteiger charge is 2.12. The number of aryl methyl sites for hydroxylation is 1. The molecule has 2 heteroatoms. The average Bonchev–Trinajstić information content (AvgIpc) is 2.57. The summed E-state index contributed by atoms with van der Waals surface area (Å²) in [4.78, 5) is 2.28. The van der Waals surface area contributed by atoms with Crippen LogP contribution in [0.3, 0.4) is 0 Å². The zero-order valence-corrected chi connectivity index (χ0v) is 7.83. The molecule has 1 aromatic rings. The minimum atomic E-state index is 0.878. The lowest BCUT2D eigenvalue weighted by Gasteiger charge is -2.21. The van der Waals surface area contributed by atoms with Crippen LogP contribution in [0.2, 0.25) is 0 Å². The van der Waals surface area contributed by atoms with Crippen molar-refractivity contribution >= 4 is 11.4 Å². The molecule has 2 nitrogen and oxygen atoms in total. The number of hydrogen-bond acceptors (Lipinski definition) is 2. The molecule has 1 aliphatic rings. The van der Waals surface area contributed by atoms with Gasteiger partial charge >= 0.3 is 0 Å². The van der Waals surface area contributed by atoms with Crippen molar-refractivity contribution in [2.24, 2.45) is 0 Å². The van der Waals surface area contributed by atoms with E-state index >= 15 is 0 Å². The molecule has 13 heavy (non-hydrogen) atoms. The summed E-state index contributed by atoms with van der Waals surface area (Å²) in [6.07, 6.45) is 4.34. The fourth-order valence-electron chi connectivity index (χ4n) is 1.77. The van der Waals surface area contributed by atoms with E-state index in [1.165, 1.54) is 11.3 Å². The van der Waals surface area contributed by atoms with Crippen LogP contribution in [0, 0.1) is 6.92 Å². The van der Waals surface area contributed by atoms with E-state index in [1.54, 1.807) is 0 Å². The third-order valence-corrected chi connectivity index (χ3v) is 2.40. The first kappa shape index (κ1) is 8.17. The van der Waals surface area contributed by atoms with E-state index < -0.39 is 0 Å². The van der Waals surface area contributed by atoms with E-state index in [4.69, 9.17) is 5.73 Å². The van der Waals surface area contributed by atoms with Crippen molar-refractivity contribution in [2.45, 2.75) is 6.92 Å². The molecule has 1 heterocycles. The van der Waals surface area contributed by atoms with E-state index in [0.29, 0.717) is 0 Å². The van der Waals surface area contributed by atoms with Crippen LogP contribution in [-0.4, -0.2) is 13.1 Å². The van der Waals surface area contributed by atoms with Gasteiger partial charge in [0, 0.05) is 13.1 Å². The van der Waals surface area contributed by atoms with E-state index in [0.717, 1.165) is 18.8 Å². The Morgan fingerprint density at radius 2 is 1.92 bits per heavy atom. The SMILES string of the molecule is Cc1cccc(N)c1N1CC=CC1. The molecule has 1 aliphatic heterocycles. The zero-order valence-electron chi connectivity index (χ0n) is 7.83. The van der Waals surface area contributed by atoms with Gasteiger partial charge in [0.2, 0.25) is 0 Å². The van der Waals surface area contributed by atoms with Crippen molar-refractivity contribution < 1.29 is 0 Å². The standard InChI is InChI=1S/C11H14N2/c1-9-5-4-6-10(12)11(9)13-7-2-3-8-13/h2-6H,7-8,12H2,1H3. The van der Waals surface area contributed by atoms with E-state index in [1.807, 2.05) is 12.1 Å². The van der Waals surface area contributed by atoms with Gasteiger partial charge in [-0.05, 0) is 18.6 Å². The number of nitrogens with zero attached hydrogens (tertiary/aromatic N) is 1. The molecule has 0 unspecified atom stereocenters. The summed E-state index contributed by atoms with van der Waals surface area (Å²) < 4.78 is 0. The number of para-hydroxylation sites is 1. The highest BCUT2D eigenvalue weighted by atomic mass is 15.1. The van der Waals surface area contributed by atoms with Gasteiger partial charge in [0.25, 0.3) is 0 Å². The second-order valence-electron chi connectivity index (χ2n) is 3.39. The van der Waals surface area contributed by atoms with Crippen LogP contribution in [0.25, 0.3) is 0 Å². The summed E-state index contributed by atoms with van der Waals surface area (Å²) in [5, 5.41) is 0. The average molecular weight is 174 g/mol. The van der Waals surface area contributed by atoms with Gasteiger partial charge in [0.1, 0.15) is 0 Å². The maximum atomic E-state index is 5.93. The quantitative estimate of drug-likeness (QED) is 0.521. The van der Waals surface area contributed by atoms with Crippen LogP contribution in [0.4, 0.5) is 11.4 Å². The fraction of sp³-hybridized carbons (Fsp3) is 0.273. The Balaban J connectivity index is 2.38. The predicted molar refractivity (Wildman–Crippen MR) is 56.9 cm³/mol. The second kappa shape index (κ2) is 3.13. The van der Waals surface area contributed by atoms with Gasteiger partial charge in [-0.2, -0.15) is 0 Å². The summed E-state index contributed by atoms with van der Waals surface area (Å²) in [7, 11) is 0. The van der Waals surface area contributed by atoms with Gasteiger partial charge < -0.3 is 10.6 Å². The minimum Gasteiger partial charge on any atom is -0.397 e. The summed E-state index contributed by atoms with van der Waals surface area (Å²) >= 11 is 0. The van der Waals surface area contributed by atoms with Crippen molar-refractivity contribution in [1.82, 2.24) is 0 Å². The van der Waals surface area contributed by atoms with Crippen molar-refractivity contribution in [3.8, 4) is 0 Å². The van der Waals surface area contributed by atoms with Crippen LogP contribution in [-0.2, 0) is 0 Å². The smallest absolute Gasteiger partial charge is 0.0635 e. The highest BCUT2D eigenvalue weighted by molar-refractivity contribution is 5.72. The molecule has 0 aromatic heterocycles. The zero-order chi connectivity index (χ0) is 9.26. The Morgan fingerprint density at radius 1 is 1.23 bits per heavy atom. The molecular weight excluding hydrogens is 160 g/mol. The van der Waals surface area contributed by atoms with Crippen LogP contribution in [0.1, 0.15) is 5.56 Å². The monoisotopic (exact) mass is 174 g/mol. The summed E-state index contributed by atoms with van der Waals surface area (Å²) in [6.45, 7) is 4.06. The van der Waals surface area contributed by atoms with Gasteiger partial charge in [-0.1, -0.05) is 24.3 Å². The normalized spacial score (nSPS) is 15.3. The Labute approximate surface area is 78.7 Å². The number of benzene rings is 1. The van der Waals surface area contributed by atoms with Crippen molar-refractivity contribution in [3.05, 3.63) is 35.9 Å². The second-order valence-corrected chi connectivity index (χ2v) is 3.39. The highest BCUT2D eigenvalue weighted by Crippen LogP contribution is 2.28.